The fourth-order valence-electron chi connectivity index (χ4n) is 5.14. The maximum atomic E-state index is 13.6. The number of imide groups is 1. The number of nitriles is 3. The van der Waals surface area contributed by atoms with Crippen molar-refractivity contribution in [3.8, 4) is 18.2 Å². The van der Waals surface area contributed by atoms with Gasteiger partial charge in [0.25, 0.3) is 17.7 Å². The number of carbonyl (C=O) groups is 3. The Hall–Kier alpha value is -6.02. The number of carbonyl (C=O) groups excluding carboxylic acids is 3. The Bertz CT molecular complexity index is 1940. The lowest BCUT2D eigenvalue weighted by Gasteiger charge is -2.36. The van der Waals surface area contributed by atoms with E-state index < -0.39 is 23.9 Å². The van der Waals surface area contributed by atoms with Gasteiger partial charge in [0.1, 0.15) is 18.2 Å². The van der Waals surface area contributed by atoms with Crippen LogP contribution in [0.3, 0.4) is 0 Å². The van der Waals surface area contributed by atoms with Crippen LogP contribution in [0.1, 0.15) is 59.6 Å². The highest BCUT2D eigenvalue weighted by atomic mass is 16.3. The molecule has 4 aromatic carbocycles. The van der Waals surface area contributed by atoms with Crippen LogP contribution in [-0.4, -0.2) is 22.8 Å². The minimum atomic E-state index is -1.49. The number of aliphatic hydroxyl groups excluding tert-OH is 1. The molecule has 2 aliphatic rings. The third kappa shape index (κ3) is 3.12. The lowest BCUT2D eigenvalue weighted by molar-refractivity contribution is 0.0866. The fourth-order valence-corrected chi connectivity index (χ4v) is 5.14. The zero-order chi connectivity index (χ0) is 27.6. The summed E-state index contributed by atoms with van der Waals surface area (Å²) in [5.41, 5.74) is 7.59. The summed E-state index contributed by atoms with van der Waals surface area (Å²) >= 11 is 0. The van der Waals surface area contributed by atoms with Gasteiger partial charge in [-0.1, -0.05) is 6.07 Å². The average molecular weight is 510 g/mol. The average Bonchev–Trinajstić information content (AvgIpc) is 2.94. The van der Waals surface area contributed by atoms with Gasteiger partial charge in [-0.15, -0.1) is 0 Å². The van der Waals surface area contributed by atoms with Crippen LogP contribution in [0.2, 0.25) is 0 Å². The number of hydrogen-bond acceptors (Lipinski definition) is 8. The van der Waals surface area contributed by atoms with E-state index >= 15 is 0 Å². The molecule has 3 amide bonds. The first-order valence-electron chi connectivity index (χ1n) is 11.5. The first-order chi connectivity index (χ1) is 18.8. The topological polar surface area (TPSA) is 175 Å². The summed E-state index contributed by atoms with van der Waals surface area (Å²) in [6.07, 6.45) is -1.49. The molecule has 0 radical (unpaired) electrons. The summed E-state index contributed by atoms with van der Waals surface area (Å²) in [6, 6.07) is 20.1. The Morgan fingerprint density at radius 3 is 1.85 bits per heavy atom. The zero-order valence-electron chi connectivity index (χ0n) is 19.8. The van der Waals surface area contributed by atoms with E-state index in [0.717, 1.165) is 9.80 Å². The van der Waals surface area contributed by atoms with Gasteiger partial charge in [0.05, 0.1) is 28.1 Å². The van der Waals surface area contributed by atoms with Crippen LogP contribution < -0.4 is 15.5 Å². The van der Waals surface area contributed by atoms with Gasteiger partial charge in [-0.2, -0.15) is 15.8 Å². The molecule has 39 heavy (non-hydrogen) atoms. The van der Waals surface area contributed by atoms with Gasteiger partial charge in [0.2, 0.25) is 0 Å². The molecule has 6 rings (SSSR count). The molecule has 0 fully saturated rings. The molecule has 1 atom stereocenters. The molecule has 2 aliphatic heterocycles. The largest absolute Gasteiger partial charge is 0.398 e. The van der Waals surface area contributed by atoms with E-state index in [2.05, 4.69) is 0 Å². The molecule has 184 valence electrons. The van der Waals surface area contributed by atoms with Crippen molar-refractivity contribution < 1.29 is 19.5 Å². The van der Waals surface area contributed by atoms with E-state index in [0.29, 0.717) is 5.56 Å². The molecule has 10 heteroatoms. The van der Waals surface area contributed by atoms with Gasteiger partial charge < -0.3 is 10.8 Å². The summed E-state index contributed by atoms with van der Waals surface area (Å²) in [5.74, 6) is -1.89. The van der Waals surface area contributed by atoms with Crippen LogP contribution in [-0.2, 0) is 0 Å². The quantitative estimate of drug-likeness (QED) is 0.304. The van der Waals surface area contributed by atoms with Crippen LogP contribution in [0.15, 0.2) is 60.7 Å². The van der Waals surface area contributed by atoms with E-state index in [9.17, 15) is 30.0 Å². The second kappa shape index (κ2) is 8.25. The monoisotopic (exact) mass is 510 g/mol. The first kappa shape index (κ1) is 23.4. The molecular weight excluding hydrogens is 496 g/mol. The molecule has 4 aromatic rings. The third-order valence-electron chi connectivity index (χ3n) is 6.97. The Morgan fingerprint density at radius 1 is 0.667 bits per heavy atom. The fraction of sp³-hybridized carbons (Fsp3) is 0.0345. The maximum Gasteiger partial charge on any atom is 0.265 e. The van der Waals surface area contributed by atoms with E-state index in [4.69, 9.17) is 11.0 Å². The Morgan fingerprint density at radius 2 is 1.23 bits per heavy atom. The summed E-state index contributed by atoms with van der Waals surface area (Å²) in [5, 5.41) is 39.6. The summed E-state index contributed by atoms with van der Waals surface area (Å²) in [6.45, 7) is 0. The molecule has 10 nitrogen and oxygen atoms in total. The maximum absolute atomic E-state index is 13.6. The highest BCUT2D eigenvalue weighted by Gasteiger charge is 2.40. The summed E-state index contributed by atoms with van der Waals surface area (Å²) in [4.78, 5) is 42.8. The second-order valence-corrected chi connectivity index (χ2v) is 8.94. The molecule has 0 saturated carbocycles. The zero-order valence-corrected chi connectivity index (χ0v) is 19.8. The Balaban J connectivity index is 1.51. The van der Waals surface area contributed by atoms with Crippen LogP contribution >= 0.6 is 0 Å². The molecule has 1 unspecified atom stereocenters. The third-order valence-corrected chi connectivity index (χ3v) is 6.97. The molecular formula is C29H14N6O4. The predicted molar refractivity (Wildman–Crippen MR) is 138 cm³/mol. The van der Waals surface area contributed by atoms with E-state index in [1.807, 2.05) is 18.2 Å². The van der Waals surface area contributed by atoms with Crippen LogP contribution in [0.25, 0.3) is 10.8 Å². The van der Waals surface area contributed by atoms with E-state index in [-0.39, 0.29) is 61.2 Å². The Labute approximate surface area is 220 Å². The summed E-state index contributed by atoms with van der Waals surface area (Å²) < 4.78 is 0. The van der Waals surface area contributed by atoms with Gasteiger partial charge in [0, 0.05) is 38.7 Å². The van der Waals surface area contributed by atoms with E-state index in [1.54, 1.807) is 0 Å². The minimum absolute atomic E-state index is 0.0470. The lowest BCUT2D eigenvalue weighted by Crippen LogP contribution is -2.42. The highest BCUT2D eigenvalue weighted by molar-refractivity contribution is 6.37. The van der Waals surface area contributed by atoms with Crippen molar-refractivity contribution in [3.63, 3.8) is 0 Å². The second-order valence-electron chi connectivity index (χ2n) is 8.94. The van der Waals surface area contributed by atoms with E-state index in [1.165, 1.54) is 60.7 Å². The van der Waals surface area contributed by atoms with Crippen molar-refractivity contribution in [1.82, 2.24) is 0 Å². The molecule has 3 N–H and O–H groups in total. The van der Waals surface area contributed by atoms with Crippen LogP contribution in [0, 0.1) is 34.0 Å². The Kier molecular flexibility index (Phi) is 4.95. The standard InChI is InChI=1S/C29H14N6O4/c30-11-14-1-3-17(9-16(14)13-32)34-26(36)19-5-7-21-25-22(8-6-20(24(19)25)27(34)37)29(39)35(28(21)38)18-4-2-15(12-31)23(33)10-18/h1-10,26,36H,33H2. The molecule has 0 spiro atoms. The van der Waals surface area contributed by atoms with Crippen molar-refractivity contribution in [2.45, 2.75) is 6.23 Å². The molecule has 0 saturated heterocycles. The van der Waals surface area contributed by atoms with Crippen LogP contribution in [0.5, 0.6) is 0 Å². The number of nitrogen functional groups attached to an aromatic ring is 1. The summed E-state index contributed by atoms with van der Waals surface area (Å²) in [7, 11) is 0. The number of amides is 3. The lowest BCUT2D eigenvalue weighted by atomic mass is 9.85. The van der Waals surface area contributed by atoms with Crippen molar-refractivity contribution in [2.24, 2.45) is 0 Å². The number of benzene rings is 4. The smallest absolute Gasteiger partial charge is 0.265 e. The number of nitrogens with zero attached hydrogens (tertiary/aromatic N) is 5. The first-order valence-corrected chi connectivity index (χ1v) is 11.5. The molecule has 0 aromatic heterocycles. The minimum Gasteiger partial charge on any atom is -0.398 e. The van der Waals surface area contributed by atoms with Crippen molar-refractivity contribution in [1.29, 1.82) is 15.8 Å². The predicted octanol–water partition coefficient (Wildman–Crippen LogP) is 3.49. The van der Waals surface area contributed by atoms with Crippen LogP contribution in [0.4, 0.5) is 17.1 Å². The normalized spacial score (nSPS) is 15.6. The molecule has 0 bridgehead atoms. The number of hydrogen-bond donors (Lipinski definition) is 2. The van der Waals surface area contributed by atoms with Gasteiger partial charge in [-0.3, -0.25) is 19.3 Å². The molecule has 2 heterocycles. The van der Waals surface area contributed by atoms with Gasteiger partial charge in [-0.25, -0.2) is 4.90 Å². The number of rotatable bonds is 2. The highest BCUT2D eigenvalue weighted by Crippen LogP contribution is 2.43. The SMILES string of the molecule is N#Cc1ccc(N2C(=O)c3ccc4c5c(ccc(c35)C2=O)C(O)N(c2ccc(C#N)c(C#N)c2)C4=O)cc1N. The number of nitrogens with two attached hydrogens (primary N) is 1. The van der Waals surface area contributed by atoms with Gasteiger partial charge in [0.15, 0.2) is 6.23 Å². The van der Waals surface area contributed by atoms with Crippen molar-refractivity contribution >= 4 is 45.6 Å². The van der Waals surface area contributed by atoms with Crippen molar-refractivity contribution in [2.75, 3.05) is 15.5 Å². The van der Waals surface area contributed by atoms with Gasteiger partial charge >= 0.3 is 0 Å². The molecule has 0 aliphatic carbocycles. The number of anilines is 3. The van der Waals surface area contributed by atoms with Gasteiger partial charge in [-0.05, 0) is 54.6 Å². The van der Waals surface area contributed by atoms with Crippen molar-refractivity contribution in [3.05, 3.63) is 99.6 Å². The number of aliphatic hydroxyl groups is 1.